The van der Waals surface area contributed by atoms with E-state index in [9.17, 15) is 5.26 Å². The van der Waals surface area contributed by atoms with Gasteiger partial charge in [-0.25, -0.2) is 0 Å². The Bertz CT molecular complexity index is 579. The first-order chi connectivity index (χ1) is 8.31. The molecule has 0 saturated heterocycles. The Morgan fingerprint density at radius 3 is 2.29 bits per heavy atom. The highest BCUT2D eigenvalue weighted by Crippen LogP contribution is 2.22. The van der Waals surface area contributed by atoms with Gasteiger partial charge in [0.25, 0.3) is 0 Å². The third kappa shape index (κ3) is 2.75. The average molecular weight is 240 g/mol. The molecule has 0 aromatic heterocycles. The van der Waals surface area contributed by atoms with Crippen LogP contribution < -0.4 is 0 Å². The van der Waals surface area contributed by atoms with E-state index < -0.39 is 0 Å². The maximum Gasteiger partial charge on any atom is 0.0998 e. The van der Waals surface area contributed by atoms with Crippen LogP contribution in [0.4, 0.5) is 0 Å². The van der Waals surface area contributed by atoms with Gasteiger partial charge in [-0.15, -0.1) is 0 Å². The minimum atomic E-state index is 0.610. The Morgan fingerprint density at radius 1 is 1.00 bits per heavy atom. The lowest BCUT2D eigenvalue weighted by Gasteiger charge is -2.00. The lowest BCUT2D eigenvalue weighted by Crippen LogP contribution is -1.81. The van der Waals surface area contributed by atoms with E-state index >= 15 is 0 Å². The van der Waals surface area contributed by atoms with Crippen molar-refractivity contribution in [3.63, 3.8) is 0 Å². The number of nitriles is 1. The van der Waals surface area contributed by atoms with Crippen LogP contribution in [0.1, 0.15) is 11.1 Å². The maximum absolute atomic E-state index is 9.17. The van der Waals surface area contributed by atoms with Crippen molar-refractivity contribution in [1.29, 1.82) is 5.26 Å². The molecule has 0 radical (unpaired) electrons. The second-order valence-corrected chi connectivity index (χ2v) is 3.96. The summed E-state index contributed by atoms with van der Waals surface area (Å²) in [5, 5.41) is 9.82. The number of allylic oxidation sites excluding steroid dienone is 1. The Hall–Kier alpha value is -2.04. The molecule has 0 unspecified atom stereocenters. The molecule has 0 aliphatic heterocycles. The van der Waals surface area contributed by atoms with Crippen molar-refractivity contribution < 1.29 is 0 Å². The summed E-state index contributed by atoms with van der Waals surface area (Å²) in [6.07, 6.45) is 1.80. The number of hydrogen-bond donors (Lipinski definition) is 0. The quantitative estimate of drug-likeness (QED) is 0.563. The van der Waals surface area contributed by atoms with Gasteiger partial charge >= 0.3 is 0 Å². The fourth-order valence-electron chi connectivity index (χ4n) is 1.55. The maximum atomic E-state index is 9.17. The van der Waals surface area contributed by atoms with Gasteiger partial charge in [0.1, 0.15) is 0 Å². The molecule has 17 heavy (non-hydrogen) atoms. The highest BCUT2D eigenvalue weighted by Gasteiger charge is 2.01. The summed E-state index contributed by atoms with van der Waals surface area (Å²) in [7, 11) is 0. The number of hydrogen-bond acceptors (Lipinski definition) is 1. The SMILES string of the molecule is N#CC(=Cc1ccccc1Cl)c1ccccc1. The van der Waals surface area contributed by atoms with Gasteiger partial charge in [-0.2, -0.15) is 5.26 Å². The van der Waals surface area contributed by atoms with Crippen molar-refractivity contribution in [1.82, 2.24) is 0 Å². The van der Waals surface area contributed by atoms with Crippen LogP contribution in [-0.4, -0.2) is 0 Å². The van der Waals surface area contributed by atoms with Crippen molar-refractivity contribution >= 4 is 23.3 Å². The smallest absolute Gasteiger partial charge is 0.0998 e. The lowest BCUT2D eigenvalue weighted by atomic mass is 10.0. The van der Waals surface area contributed by atoms with E-state index in [1.807, 2.05) is 54.6 Å². The van der Waals surface area contributed by atoms with Crippen LogP contribution in [0.3, 0.4) is 0 Å². The van der Waals surface area contributed by atoms with Crippen LogP contribution in [-0.2, 0) is 0 Å². The highest BCUT2D eigenvalue weighted by molar-refractivity contribution is 6.32. The molecule has 0 bridgehead atoms. The van der Waals surface area contributed by atoms with Crippen molar-refractivity contribution in [2.24, 2.45) is 0 Å². The van der Waals surface area contributed by atoms with E-state index in [0.717, 1.165) is 11.1 Å². The highest BCUT2D eigenvalue weighted by atomic mass is 35.5. The van der Waals surface area contributed by atoms with Gasteiger partial charge in [-0.1, -0.05) is 60.1 Å². The predicted octanol–water partition coefficient (Wildman–Crippen LogP) is 4.40. The predicted molar refractivity (Wildman–Crippen MR) is 71.4 cm³/mol. The summed E-state index contributed by atoms with van der Waals surface area (Å²) in [5.41, 5.74) is 2.36. The summed E-state index contributed by atoms with van der Waals surface area (Å²) in [6.45, 7) is 0. The molecular weight excluding hydrogens is 230 g/mol. The van der Waals surface area contributed by atoms with Crippen LogP contribution in [0.2, 0.25) is 5.02 Å². The van der Waals surface area contributed by atoms with Crippen molar-refractivity contribution in [3.8, 4) is 6.07 Å². The molecule has 82 valence electrons. The van der Waals surface area contributed by atoms with E-state index in [1.54, 1.807) is 6.08 Å². The minimum Gasteiger partial charge on any atom is -0.192 e. The van der Waals surface area contributed by atoms with E-state index in [4.69, 9.17) is 11.6 Å². The molecular formula is C15H10ClN. The van der Waals surface area contributed by atoms with Gasteiger partial charge in [-0.3, -0.25) is 0 Å². The first kappa shape index (κ1) is 11.4. The molecule has 0 atom stereocenters. The Kier molecular flexibility index (Phi) is 3.59. The molecule has 0 saturated carbocycles. The molecule has 0 fully saturated rings. The van der Waals surface area contributed by atoms with Gasteiger partial charge in [-0.05, 0) is 23.3 Å². The number of benzene rings is 2. The third-order valence-corrected chi connectivity index (χ3v) is 2.75. The molecule has 0 aliphatic rings. The standard InChI is InChI=1S/C15H10ClN/c16-15-9-5-4-8-13(15)10-14(11-17)12-6-2-1-3-7-12/h1-10H. The summed E-state index contributed by atoms with van der Waals surface area (Å²) >= 11 is 6.06. The topological polar surface area (TPSA) is 23.8 Å². The molecule has 0 aliphatic carbocycles. The Labute approximate surface area is 106 Å². The van der Waals surface area contributed by atoms with Crippen molar-refractivity contribution in [2.75, 3.05) is 0 Å². The normalized spacial score (nSPS) is 10.9. The van der Waals surface area contributed by atoms with Gasteiger partial charge in [0.15, 0.2) is 0 Å². The van der Waals surface area contributed by atoms with Gasteiger partial charge < -0.3 is 0 Å². The largest absolute Gasteiger partial charge is 0.192 e. The van der Waals surface area contributed by atoms with Crippen LogP contribution >= 0.6 is 11.6 Å². The first-order valence-electron chi connectivity index (χ1n) is 5.23. The zero-order chi connectivity index (χ0) is 12.1. The molecule has 0 amide bonds. The summed E-state index contributed by atoms with van der Waals surface area (Å²) < 4.78 is 0. The van der Waals surface area contributed by atoms with Crippen LogP contribution in [0.15, 0.2) is 54.6 Å². The third-order valence-electron chi connectivity index (χ3n) is 2.41. The second kappa shape index (κ2) is 5.34. The van der Waals surface area contributed by atoms with E-state index in [1.165, 1.54) is 0 Å². The van der Waals surface area contributed by atoms with Crippen molar-refractivity contribution in [2.45, 2.75) is 0 Å². The van der Waals surface area contributed by atoms with Crippen LogP contribution in [0.5, 0.6) is 0 Å². The Balaban J connectivity index is 2.45. The fourth-order valence-corrected chi connectivity index (χ4v) is 1.74. The molecule has 0 spiro atoms. The molecule has 2 heteroatoms. The average Bonchev–Trinajstić information content (AvgIpc) is 2.39. The molecule has 2 aromatic carbocycles. The molecule has 2 aromatic rings. The van der Waals surface area contributed by atoms with E-state index in [-0.39, 0.29) is 0 Å². The molecule has 0 heterocycles. The zero-order valence-corrected chi connectivity index (χ0v) is 9.85. The molecule has 2 rings (SSSR count). The van der Waals surface area contributed by atoms with E-state index in [2.05, 4.69) is 6.07 Å². The monoisotopic (exact) mass is 239 g/mol. The summed E-state index contributed by atoms with van der Waals surface area (Å²) in [4.78, 5) is 0. The zero-order valence-electron chi connectivity index (χ0n) is 9.10. The fraction of sp³-hybridized carbons (Fsp3) is 0. The van der Waals surface area contributed by atoms with Gasteiger partial charge in [0.05, 0.1) is 11.6 Å². The number of rotatable bonds is 2. The van der Waals surface area contributed by atoms with Crippen molar-refractivity contribution in [3.05, 3.63) is 70.7 Å². The summed E-state index contributed by atoms with van der Waals surface area (Å²) in [6, 6.07) is 19.2. The first-order valence-corrected chi connectivity index (χ1v) is 5.61. The summed E-state index contributed by atoms with van der Waals surface area (Å²) in [5.74, 6) is 0. The second-order valence-electron chi connectivity index (χ2n) is 3.56. The molecule has 1 nitrogen and oxygen atoms in total. The van der Waals surface area contributed by atoms with Gasteiger partial charge in [0.2, 0.25) is 0 Å². The lowest BCUT2D eigenvalue weighted by molar-refractivity contribution is 1.52. The van der Waals surface area contributed by atoms with Crippen LogP contribution in [0.25, 0.3) is 11.6 Å². The number of nitrogens with zero attached hydrogens (tertiary/aromatic N) is 1. The Morgan fingerprint density at radius 2 is 1.65 bits per heavy atom. The van der Waals surface area contributed by atoms with Crippen LogP contribution in [0, 0.1) is 11.3 Å². The van der Waals surface area contributed by atoms with Gasteiger partial charge in [0, 0.05) is 5.02 Å². The molecule has 0 N–H and O–H groups in total. The number of halogens is 1. The van der Waals surface area contributed by atoms with E-state index in [0.29, 0.717) is 10.6 Å². The minimum absolute atomic E-state index is 0.610.